The summed E-state index contributed by atoms with van der Waals surface area (Å²) in [6, 6.07) is 14.0. The molecule has 37 heavy (non-hydrogen) atoms. The van der Waals surface area contributed by atoms with Crippen molar-refractivity contribution >= 4 is 17.9 Å². The summed E-state index contributed by atoms with van der Waals surface area (Å²) in [5, 5.41) is 5.76. The van der Waals surface area contributed by atoms with Crippen molar-refractivity contribution in [2.24, 2.45) is 0 Å². The third kappa shape index (κ3) is 6.95. The summed E-state index contributed by atoms with van der Waals surface area (Å²) < 4.78 is 21.7. The summed E-state index contributed by atoms with van der Waals surface area (Å²) in [5.41, 5.74) is 2.06. The molecule has 0 spiro atoms. The van der Waals surface area contributed by atoms with Gasteiger partial charge in [-0.1, -0.05) is 36.4 Å². The highest BCUT2D eigenvalue weighted by atomic mass is 19.1. The molecule has 3 aromatic rings. The minimum atomic E-state index is -0.460. The number of amides is 3. The van der Waals surface area contributed by atoms with E-state index in [1.54, 1.807) is 29.8 Å². The Morgan fingerprint density at radius 3 is 2.59 bits per heavy atom. The van der Waals surface area contributed by atoms with Crippen LogP contribution in [0.15, 0.2) is 54.7 Å². The molecule has 0 aliphatic carbocycles. The first-order valence-corrected chi connectivity index (χ1v) is 12.5. The normalized spacial score (nSPS) is 15.4. The van der Waals surface area contributed by atoms with Gasteiger partial charge in [0.1, 0.15) is 12.4 Å². The average molecular weight is 508 g/mol. The van der Waals surface area contributed by atoms with Crippen molar-refractivity contribution in [3.8, 4) is 16.9 Å². The molecule has 2 aromatic carbocycles. The van der Waals surface area contributed by atoms with Gasteiger partial charge in [-0.3, -0.25) is 14.7 Å². The SMILES string of the molecule is Cc1ccc(-n2cc(-c3ccccc3)nc2NC(=O)CN(C[C@@H]2CCCO2)C(=O)NC(C)(C)C)cc1F. The molecule has 1 saturated heterocycles. The Bertz CT molecular complexity index is 1250. The number of benzene rings is 2. The number of imidazole rings is 1. The highest BCUT2D eigenvalue weighted by molar-refractivity contribution is 5.93. The number of aryl methyl sites for hydroxylation is 1. The van der Waals surface area contributed by atoms with E-state index in [4.69, 9.17) is 4.74 Å². The standard InChI is InChI=1S/C28H34FN5O3/c1-19-12-13-21(15-23(19)29)34-17-24(20-9-6-5-7-10-20)30-26(34)31-25(35)18-33(16-22-11-8-14-37-22)27(36)32-28(2,3)4/h5-7,9-10,12-13,15,17,22H,8,11,14,16,18H2,1-4H3,(H,32,36)(H,30,31,35)/t22-/m0/s1. The van der Waals surface area contributed by atoms with E-state index < -0.39 is 11.4 Å². The number of hydrogen-bond acceptors (Lipinski definition) is 4. The van der Waals surface area contributed by atoms with Gasteiger partial charge < -0.3 is 15.0 Å². The Balaban J connectivity index is 1.59. The van der Waals surface area contributed by atoms with Crippen molar-refractivity contribution in [2.45, 2.75) is 52.2 Å². The maximum absolute atomic E-state index is 14.4. The molecule has 1 aliphatic rings. The van der Waals surface area contributed by atoms with Gasteiger partial charge in [-0.25, -0.2) is 14.2 Å². The van der Waals surface area contributed by atoms with E-state index >= 15 is 0 Å². The Morgan fingerprint density at radius 1 is 1.19 bits per heavy atom. The zero-order chi connectivity index (χ0) is 26.6. The monoisotopic (exact) mass is 507 g/mol. The first-order chi connectivity index (χ1) is 17.6. The fraction of sp³-hybridized carbons (Fsp3) is 0.393. The number of urea groups is 1. The number of rotatable bonds is 7. The van der Waals surface area contributed by atoms with Crippen molar-refractivity contribution in [3.63, 3.8) is 0 Å². The van der Waals surface area contributed by atoms with Crippen LogP contribution in [0, 0.1) is 12.7 Å². The lowest BCUT2D eigenvalue weighted by Gasteiger charge is -2.29. The second-order valence-corrected chi connectivity index (χ2v) is 10.4. The fourth-order valence-corrected chi connectivity index (χ4v) is 4.14. The van der Waals surface area contributed by atoms with Gasteiger partial charge in [0.25, 0.3) is 0 Å². The number of anilines is 1. The van der Waals surface area contributed by atoms with E-state index in [2.05, 4.69) is 15.6 Å². The second kappa shape index (κ2) is 11.1. The van der Waals surface area contributed by atoms with Gasteiger partial charge in [0.05, 0.1) is 17.5 Å². The molecule has 2 heterocycles. The summed E-state index contributed by atoms with van der Waals surface area (Å²) in [7, 11) is 0. The van der Waals surface area contributed by atoms with E-state index in [-0.39, 0.29) is 30.4 Å². The molecule has 4 rings (SSSR count). The molecular weight excluding hydrogens is 473 g/mol. The first-order valence-electron chi connectivity index (χ1n) is 12.5. The summed E-state index contributed by atoms with van der Waals surface area (Å²) in [5.74, 6) is -0.534. The lowest BCUT2D eigenvalue weighted by molar-refractivity contribution is -0.117. The van der Waals surface area contributed by atoms with Gasteiger partial charge in [0.2, 0.25) is 11.9 Å². The quantitative estimate of drug-likeness (QED) is 0.475. The molecule has 1 atom stereocenters. The molecule has 9 heteroatoms. The summed E-state index contributed by atoms with van der Waals surface area (Å²) in [4.78, 5) is 32.3. The minimum absolute atomic E-state index is 0.110. The number of carbonyl (C=O) groups excluding carboxylic acids is 2. The van der Waals surface area contributed by atoms with Gasteiger partial charge in [-0.2, -0.15) is 0 Å². The van der Waals surface area contributed by atoms with E-state index in [9.17, 15) is 14.0 Å². The van der Waals surface area contributed by atoms with Crippen molar-refractivity contribution in [3.05, 3.63) is 66.1 Å². The number of nitrogens with zero attached hydrogens (tertiary/aromatic N) is 3. The number of aromatic nitrogens is 2. The molecule has 0 bridgehead atoms. The smallest absolute Gasteiger partial charge is 0.318 e. The van der Waals surface area contributed by atoms with Gasteiger partial charge in [0, 0.05) is 30.5 Å². The molecule has 1 fully saturated rings. The maximum Gasteiger partial charge on any atom is 0.318 e. The number of halogens is 1. The zero-order valence-electron chi connectivity index (χ0n) is 21.8. The first kappa shape index (κ1) is 26.3. The molecular formula is C28H34FN5O3. The zero-order valence-corrected chi connectivity index (χ0v) is 21.8. The highest BCUT2D eigenvalue weighted by Crippen LogP contribution is 2.25. The average Bonchev–Trinajstić information content (AvgIpc) is 3.50. The topological polar surface area (TPSA) is 88.5 Å². The van der Waals surface area contributed by atoms with Crippen LogP contribution >= 0.6 is 0 Å². The molecule has 0 radical (unpaired) electrons. The Hall–Kier alpha value is -3.72. The highest BCUT2D eigenvalue weighted by Gasteiger charge is 2.27. The predicted molar refractivity (Wildman–Crippen MR) is 141 cm³/mol. The van der Waals surface area contributed by atoms with Crippen LogP contribution in [0.1, 0.15) is 39.2 Å². The fourth-order valence-electron chi connectivity index (χ4n) is 4.14. The maximum atomic E-state index is 14.4. The van der Waals surface area contributed by atoms with E-state index in [0.717, 1.165) is 18.4 Å². The van der Waals surface area contributed by atoms with Crippen LogP contribution in [-0.2, 0) is 9.53 Å². The number of hydrogen-bond donors (Lipinski definition) is 2. The third-order valence-corrected chi connectivity index (χ3v) is 6.01. The van der Waals surface area contributed by atoms with Crippen LogP contribution in [0.3, 0.4) is 0 Å². The van der Waals surface area contributed by atoms with Crippen molar-refractivity contribution in [2.75, 3.05) is 25.0 Å². The minimum Gasteiger partial charge on any atom is -0.376 e. The molecule has 1 aromatic heterocycles. The summed E-state index contributed by atoms with van der Waals surface area (Å²) in [6.07, 6.45) is 3.41. The van der Waals surface area contributed by atoms with E-state index in [1.165, 1.54) is 11.0 Å². The lowest BCUT2D eigenvalue weighted by atomic mass is 10.1. The lowest BCUT2D eigenvalue weighted by Crippen LogP contribution is -2.52. The molecule has 1 aliphatic heterocycles. The van der Waals surface area contributed by atoms with Crippen molar-refractivity contribution < 1.29 is 18.7 Å². The van der Waals surface area contributed by atoms with E-state index in [0.29, 0.717) is 30.1 Å². The largest absolute Gasteiger partial charge is 0.376 e. The molecule has 8 nitrogen and oxygen atoms in total. The van der Waals surface area contributed by atoms with Gasteiger partial charge in [0.15, 0.2) is 0 Å². The number of nitrogens with one attached hydrogen (secondary N) is 2. The van der Waals surface area contributed by atoms with Gasteiger partial charge >= 0.3 is 6.03 Å². The van der Waals surface area contributed by atoms with Crippen LogP contribution in [0.4, 0.5) is 15.1 Å². The summed E-state index contributed by atoms with van der Waals surface area (Å²) in [6.45, 7) is 8.13. The molecule has 0 unspecified atom stereocenters. The molecule has 3 amide bonds. The molecule has 196 valence electrons. The molecule has 0 saturated carbocycles. The van der Waals surface area contributed by atoms with Crippen molar-refractivity contribution in [1.82, 2.24) is 19.8 Å². The predicted octanol–water partition coefficient (Wildman–Crippen LogP) is 4.91. The van der Waals surface area contributed by atoms with Crippen LogP contribution in [0.25, 0.3) is 16.9 Å². The van der Waals surface area contributed by atoms with Crippen LogP contribution in [-0.4, -0.2) is 57.7 Å². The Labute approximate surface area is 216 Å². The van der Waals surface area contributed by atoms with Gasteiger partial charge in [-0.05, 0) is 58.2 Å². The summed E-state index contributed by atoms with van der Waals surface area (Å²) >= 11 is 0. The second-order valence-electron chi connectivity index (χ2n) is 10.4. The Morgan fingerprint density at radius 2 is 1.95 bits per heavy atom. The third-order valence-electron chi connectivity index (χ3n) is 6.01. The molecule has 2 N–H and O–H groups in total. The van der Waals surface area contributed by atoms with E-state index in [1.807, 2.05) is 51.1 Å². The Kier molecular flexibility index (Phi) is 7.92. The van der Waals surface area contributed by atoms with Crippen LogP contribution in [0.5, 0.6) is 0 Å². The van der Waals surface area contributed by atoms with Crippen LogP contribution < -0.4 is 10.6 Å². The van der Waals surface area contributed by atoms with Gasteiger partial charge in [-0.15, -0.1) is 0 Å². The number of ether oxygens (including phenoxy) is 1. The van der Waals surface area contributed by atoms with Crippen LogP contribution in [0.2, 0.25) is 0 Å². The van der Waals surface area contributed by atoms with Crippen molar-refractivity contribution in [1.29, 1.82) is 0 Å². The number of carbonyl (C=O) groups is 2.